The fourth-order valence-electron chi connectivity index (χ4n) is 2.77. The van der Waals surface area contributed by atoms with Crippen LogP contribution in [-0.4, -0.2) is 27.4 Å². The zero-order valence-corrected chi connectivity index (χ0v) is 15.2. The average Bonchev–Trinajstić information content (AvgIpc) is 2.72. The van der Waals surface area contributed by atoms with E-state index in [1.807, 2.05) is 42.5 Å². The molecule has 0 fully saturated rings. The minimum Gasteiger partial charge on any atom is -0.320 e. The van der Waals surface area contributed by atoms with E-state index in [0.29, 0.717) is 25.2 Å². The molecule has 0 spiro atoms. The molecule has 3 rings (SSSR count). The van der Waals surface area contributed by atoms with Crippen LogP contribution >= 0.6 is 0 Å². The predicted molar refractivity (Wildman–Crippen MR) is 107 cm³/mol. The first-order valence-corrected chi connectivity index (χ1v) is 8.85. The summed E-state index contributed by atoms with van der Waals surface area (Å²) in [5, 5.41) is 13.7. The normalized spacial score (nSPS) is 10.3. The van der Waals surface area contributed by atoms with Gasteiger partial charge in [-0.1, -0.05) is 42.5 Å². The highest BCUT2D eigenvalue weighted by atomic mass is 16.6. The smallest absolute Gasteiger partial charge is 0.320 e. The van der Waals surface area contributed by atoms with Crippen molar-refractivity contribution in [1.29, 1.82) is 0 Å². The minimum absolute atomic E-state index is 0.0686. The highest BCUT2D eigenvalue weighted by Crippen LogP contribution is 2.18. The average molecular weight is 376 g/mol. The van der Waals surface area contributed by atoms with Crippen LogP contribution in [0, 0.1) is 10.1 Å². The fraction of sp³-hybridized carbons (Fsp3) is 0.143. The topological polar surface area (TPSA) is 88.4 Å². The third-order valence-corrected chi connectivity index (χ3v) is 4.20. The standard InChI is InChI=1S/C21H20N4O3/c26-21(23-19-9-4-10-20(14-19)25(27)28)24(16-18-8-5-12-22-15-18)13-11-17-6-2-1-3-7-17/h1-10,12,14-15H,11,13,16H2,(H,23,26). The van der Waals surface area contributed by atoms with Gasteiger partial charge in [0.05, 0.1) is 4.92 Å². The molecule has 0 aliphatic heterocycles. The third kappa shape index (κ3) is 5.38. The van der Waals surface area contributed by atoms with Gasteiger partial charge in [0.1, 0.15) is 0 Å². The van der Waals surface area contributed by atoms with Crippen molar-refractivity contribution in [2.24, 2.45) is 0 Å². The van der Waals surface area contributed by atoms with Gasteiger partial charge in [0.25, 0.3) is 5.69 Å². The molecule has 0 saturated heterocycles. The molecule has 142 valence electrons. The minimum atomic E-state index is -0.488. The number of nitrogens with one attached hydrogen (secondary N) is 1. The van der Waals surface area contributed by atoms with E-state index in [-0.39, 0.29) is 11.7 Å². The van der Waals surface area contributed by atoms with E-state index in [9.17, 15) is 14.9 Å². The van der Waals surface area contributed by atoms with Gasteiger partial charge in [-0.15, -0.1) is 0 Å². The fourth-order valence-corrected chi connectivity index (χ4v) is 2.77. The number of amides is 2. The molecule has 0 aliphatic carbocycles. The number of aromatic nitrogens is 1. The van der Waals surface area contributed by atoms with Crippen LogP contribution in [0.3, 0.4) is 0 Å². The number of anilines is 1. The number of benzene rings is 2. The van der Waals surface area contributed by atoms with Gasteiger partial charge in [-0.25, -0.2) is 4.79 Å². The number of nitro benzene ring substituents is 1. The van der Waals surface area contributed by atoms with Crippen molar-refractivity contribution in [1.82, 2.24) is 9.88 Å². The molecule has 2 amide bonds. The molecule has 0 saturated carbocycles. The first-order valence-electron chi connectivity index (χ1n) is 8.85. The maximum Gasteiger partial charge on any atom is 0.322 e. The lowest BCUT2D eigenvalue weighted by Crippen LogP contribution is -2.36. The number of rotatable bonds is 7. The number of hydrogen-bond acceptors (Lipinski definition) is 4. The SMILES string of the molecule is O=C(Nc1cccc([N+](=O)[O-])c1)N(CCc1ccccc1)Cc1cccnc1. The van der Waals surface area contributed by atoms with Crippen molar-refractivity contribution in [2.75, 3.05) is 11.9 Å². The predicted octanol–water partition coefficient (Wildman–Crippen LogP) is 4.27. The summed E-state index contributed by atoms with van der Waals surface area (Å²) in [7, 11) is 0. The van der Waals surface area contributed by atoms with Crippen LogP contribution in [0.1, 0.15) is 11.1 Å². The van der Waals surface area contributed by atoms with Crippen LogP contribution in [0.4, 0.5) is 16.2 Å². The zero-order chi connectivity index (χ0) is 19.8. The lowest BCUT2D eigenvalue weighted by atomic mass is 10.1. The summed E-state index contributed by atoms with van der Waals surface area (Å²) >= 11 is 0. The Morgan fingerprint density at radius 1 is 1.04 bits per heavy atom. The van der Waals surface area contributed by atoms with Gasteiger partial charge in [-0.2, -0.15) is 0 Å². The van der Waals surface area contributed by atoms with Crippen LogP contribution in [-0.2, 0) is 13.0 Å². The van der Waals surface area contributed by atoms with Gasteiger partial charge >= 0.3 is 6.03 Å². The largest absolute Gasteiger partial charge is 0.322 e. The maximum absolute atomic E-state index is 12.8. The number of pyridine rings is 1. The van der Waals surface area contributed by atoms with Crippen molar-refractivity contribution in [3.63, 3.8) is 0 Å². The number of non-ortho nitro benzene ring substituents is 1. The van der Waals surface area contributed by atoms with E-state index in [2.05, 4.69) is 10.3 Å². The highest BCUT2D eigenvalue weighted by molar-refractivity contribution is 5.89. The molecule has 0 radical (unpaired) electrons. The van der Waals surface area contributed by atoms with Gasteiger partial charge in [-0.3, -0.25) is 15.1 Å². The van der Waals surface area contributed by atoms with Crippen LogP contribution in [0.25, 0.3) is 0 Å². The van der Waals surface area contributed by atoms with Crippen molar-refractivity contribution in [3.05, 3.63) is 100 Å². The van der Waals surface area contributed by atoms with E-state index < -0.39 is 4.92 Å². The van der Waals surface area contributed by atoms with Crippen LogP contribution < -0.4 is 5.32 Å². The van der Waals surface area contributed by atoms with Crippen LogP contribution in [0.15, 0.2) is 79.1 Å². The van der Waals surface area contributed by atoms with Crippen molar-refractivity contribution in [2.45, 2.75) is 13.0 Å². The number of nitrogens with zero attached hydrogens (tertiary/aromatic N) is 3. The Morgan fingerprint density at radius 3 is 2.54 bits per heavy atom. The van der Waals surface area contributed by atoms with E-state index in [1.165, 1.54) is 12.1 Å². The number of urea groups is 1. The Balaban J connectivity index is 1.73. The van der Waals surface area contributed by atoms with Gasteiger partial charge in [0.2, 0.25) is 0 Å². The Kier molecular flexibility index (Phi) is 6.30. The van der Waals surface area contributed by atoms with Gasteiger partial charge in [0, 0.05) is 43.3 Å². The molecule has 7 nitrogen and oxygen atoms in total. The molecule has 3 aromatic rings. The quantitative estimate of drug-likeness (QED) is 0.493. The summed E-state index contributed by atoms with van der Waals surface area (Å²) in [6, 6.07) is 19.2. The molecule has 0 atom stereocenters. The van der Waals surface area contributed by atoms with E-state index >= 15 is 0 Å². The molecule has 7 heteroatoms. The van der Waals surface area contributed by atoms with Gasteiger partial charge < -0.3 is 10.2 Å². The molecule has 0 bridgehead atoms. The van der Waals surface area contributed by atoms with Gasteiger partial charge in [0.15, 0.2) is 0 Å². The Morgan fingerprint density at radius 2 is 1.82 bits per heavy atom. The molecule has 2 aromatic carbocycles. The monoisotopic (exact) mass is 376 g/mol. The van der Waals surface area contributed by atoms with Crippen molar-refractivity contribution in [3.8, 4) is 0 Å². The van der Waals surface area contributed by atoms with Crippen LogP contribution in [0.2, 0.25) is 0 Å². The lowest BCUT2D eigenvalue weighted by Gasteiger charge is -2.23. The first-order chi connectivity index (χ1) is 13.6. The second kappa shape index (κ2) is 9.27. The molecular weight excluding hydrogens is 356 g/mol. The molecule has 1 heterocycles. The highest BCUT2D eigenvalue weighted by Gasteiger charge is 2.16. The molecular formula is C21H20N4O3. The zero-order valence-electron chi connectivity index (χ0n) is 15.2. The summed E-state index contributed by atoms with van der Waals surface area (Å²) in [6.45, 7) is 0.890. The summed E-state index contributed by atoms with van der Waals surface area (Å²) in [6.07, 6.45) is 4.10. The number of carbonyl (C=O) groups excluding carboxylic acids is 1. The maximum atomic E-state index is 12.8. The number of nitro groups is 1. The number of carbonyl (C=O) groups is 1. The van der Waals surface area contributed by atoms with E-state index in [0.717, 1.165) is 11.1 Å². The molecule has 28 heavy (non-hydrogen) atoms. The van der Waals surface area contributed by atoms with Gasteiger partial charge in [-0.05, 0) is 29.7 Å². The molecule has 1 N–H and O–H groups in total. The lowest BCUT2D eigenvalue weighted by molar-refractivity contribution is -0.384. The third-order valence-electron chi connectivity index (χ3n) is 4.20. The molecule has 0 aliphatic rings. The second-order valence-corrected chi connectivity index (χ2v) is 6.26. The molecule has 0 unspecified atom stereocenters. The summed E-state index contributed by atoms with van der Waals surface area (Å²) in [4.78, 5) is 29.1. The van der Waals surface area contributed by atoms with Crippen LogP contribution in [0.5, 0.6) is 0 Å². The van der Waals surface area contributed by atoms with E-state index in [4.69, 9.17) is 0 Å². The Bertz CT molecular complexity index is 933. The molecule has 1 aromatic heterocycles. The second-order valence-electron chi connectivity index (χ2n) is 6.26. The Hall–Kier alpha value is -3.74. The van der Waals surface area contributed by atoms with E-state index in [1.54, 1.807) is 29.4 Å². The van der Waals surface area contributed by atoms with Crippen molar-refractivity contribution < 1.29 is 9.72 Å². The first kappa shape index (κ1) is 19.0. The summed E-state index contributed by atoms with van der Waals surface area (Å²) < 4.78 is 0. The Labute approximate surface area is 162 Å². The summed E-state index contributed by atoms with van der Waals surface area (Å²) in [5.74, 6) is 0. The van der Waals surface area contributed by atoms with Crippen molar-refractivity contribution >= 4 is 17.4 Å². The summed E-state index contributed by atoms with van der Waals surface area (Å²) in [5.41, 5.74) is 2.35. The number of hydrogen-bond donors (Lipinski definition) is 1.